The van der Waals surface area contributed by atoms with E-state index in [1.807, 2.05) is 18.2 Å². The number of hydrogen-bond donors (Lipinski definition) is 1. The molecule has 1 aliphatic rings. The highest BCUT2D eigenvalue weighted by molar-refractivity contribution is 7.99. The summed E-state index contributed by atoms with van der Waals surface area (Å²) in [6.45, 7) is 0. The van der Waals surface area contributed by atoms with Crippen molar-refractivity contribution in [3.05, 3.63) is 53.6 Å². The van der Waals surface area contributed by atoms with E-state index < -0.39 is 0 Å². The van der Waals surface area contributed by atoms with Crippen LogP contribution >= 0.6 is 11.8 Å². The fraction of sp³-hybridized carbons (Fsp3) is 0.318. The van der Waals surface area contributed by atoms with E-state index in [4.69, 9.17) is 13.9 Å². The quantitative estimate of drug-likeness (QED) is 0.572. The lowest BCUT2D eigenvalue weighted by atomic mass is 9.88. The second kappa shape index (κ2) is 9.21. The van der Waals surface area contributed by atoms with Crippen molar-refractivity contribution in [1.29, 1.82) is 0 Å². The maximum absolute atomic E-state index is 12.5. The van der Waals surface area contributed by atoms with Gasteiger partial charge in [0.05, 0.1) is 26.0 Å². The monoisotopic (exact) mass is 425 g/mol. The van der Waals surface area contributed by atoms with Gasteiger partial charge in [-0.05, 0) is 48.6 Å². The maximum Gasteiger partial charge on any atom is 0.277 e. The molecule has 1 heterocycles. The number of aryl methyl sites for hydroxylation is 1. The number of hydrogen-bond acceptors (Lipinski definition) is 7. The van der Waals surface area contributed by atoms with Gasteiger partial charge in [-0.3, -0.25) is 4.79 Å². The van der Waals surface area contributed by atoms with Crippen LogP contribution in [-0.4, -0.2) is 36.1 Å². The zero-order valence-corrected chi connectivity index (χ0v) is 17.7. The molecule has 1 aliphatic carbocycles. The van der Waals surface area contributed by atoms with E-state index in [0.717, 1.165) is 24.8 Å². The molecule has 2 aromatic carbocycles. The first-order chi connectivity index (χ1) is 14.7. The summed E-state index contributed by atoms with van der Waals surface area (Å²) in [5.41, 5.74) is 3.25. The number of carbonyl (C=O) groups excluding carboxylic acids is 1. The molecule has 156 valence electrons. The van der Waals surface area contributed by atoms with E-state index in [1.165, 1.54) is 22.9 Å². The second-order valence-corrected chi connectivity index (χ2v) is 7.87. The van der Waals surface area contributed by atoms with Crippen LogP contribution in [0, 0.1) is 0 Å². The first kappa shape index (κ1) is 20.3. The molecule has 30 heavy (non-hydrogen) atoms. The summed E-state index contributed by atoms with van der Waals surface area (Å²) >= 11 is 1.22. The van der Waals surface area contributed by atoms with Gasteiger partial charge in [0.1, 0.15) is 0 Å². The van der Waals surface area contributed by atoms with Gasteiger partial charge in [0.2, 0.25) is 11.8 Å². The fourth-order valence-electron chi connectivity index (χ4n) is 3.62. The molecule has 0 radical (unpaired) electrons. The van der Waals surface area contributed by atoms with E-state index >= 15 is 0 Å². The van der Waals surface area contributed by atoms with E-state index in [9.17, 15) is 4.79 Å². The average Bonchev–Trinajstić information content (AvgIpc) is 3.26. The summed E-state index contributed by atoms with van der Waals surface area (Å²) in [5, 5.41) is 11.6. The molecule has 0 aliphatic heterocycles. The first-order valence-electron chi connectivity index (χ1n) is 9.74. The van der Waals surface area contributed by atoms with Crippen LogP contribution in [0.2, 0.25) is 0 Å². The zero-order valence-electron chi connectivity index (χ0n) is 16.9. The van der Waals surface area contributed by atoms with E-state index in [1.54, 1.807) is 26.4 Å². The first-order valence-corrected chi connectivity index (χ1v) is 10.7. The van der Waals surface area contributed by atoms with Crippen molar-refractivity contribution < 1.29 is 18.7 Å². The molecule has 3 aromatic rings. The van der Waals surface area contributed by atoms with Crippen LogP contribution in [0.15, 0.2) is 52.1 Å². The van der Waals surface area contributed by atoms with Crippen molar-refractivity contribution >= 4 is 17.7 Å². The minimum absolute atomic E-state index is 0.0485. The molecule has 7 nitrogen and oxygen atoms in total. The molecule has 0 spiro atoms. The Morgan fingerprint density at radius 3 is 2.83 bits per heavy atom. The molecule has 1 N–H and O–H groups in total. The molecule has 0 saturated carbocycles. The number of methoxy groups -OCH3 is 2. The van der Waals surface area contributed by atoms with Crippen molar-refractivity contribution in [3.8, 4) is 23.0 Å². The third-order valence-corrected chi connectivity index (χ3v) is 5.89. The van der Waals surface area contributed by atoms with Crippen LogP contribution in [0.4, 0.5) is 0 Å². The predicted octanol–water partition coefficient (Wildman–Crippen LogP) is 4.04. The standard InChI is InChI=1S/C22H23N3O4S/c1-27-18-11-10-15(12-19(18)28-2)21-24-25-22(29-21)30-13-20(26)23-17-9-5-7-14-6-3-4-8-16(14)17/h3-4,6,8,10-12,17H,5,7,9,13H2,1-2H3,(H,23,26)/t17-/m0/s1. The van der Waals surface area contributed by atoms with Gasteiger partial charge >= 0.3 is 0 Å². The largest absolute Gasteiger partial charge is 0.493 e. The zero-order chi connectivity index (χ0) is 20.9. The number of ether oxygens (including phenoxy) is 2. The Labute approximate surface area is 179 Å². The van der Waals surface area contributed by atoms with Gasteiger partial charge in [-0.15, -0.1) is 10.2 Å². The Hall–Kier alpha value is -3.00. The van der Waals surface area contributed by atoms with Gasteiger partial charge < -0.3 is 19.2 Å². The summed E-state index contributed by atoms with van der Waals surface area (Å²) in [6.07, 6.45) is 3.10. The summed E-state index contributed by atoms with van der Waals surface area (Å²) in [4.78, 5) is 12.5. The van der Waals surface area contributed by atoms with Gasteiger partial charge in [-0.25, -0.2) is 0 Å². The van der Waals surface area contributed by atoms with E-state index in [2.05, 4.69) is 27.6 Å². The predicted molar refractivity (Wildman–Crippen MR) is 114 cm³/mol. The molecule has 4 rings (SSSR count). The lowest BCUT2D eigenvalue weighted by Crippen LogP contribution is -2.32. The number of amides is 1. The van der Waals surface area contributed by atoms with Crippen molar-refractivity contribution in [3.63, 3.8) is 0 Å². The lowest BCUT2D eigenvalue weighted by Gasteiger charge is -2.26. The second-order valence-electron chi connectivity index (χ2n) is 6.94. The highest BCUT2D eigenvalue weighted by Gasteiger charge is 2.22. The normalized spacial score (nSPS) is 15.3. The van der Waals surface area contributed by atoms with Crippen LogP contribution in [0.25, 0.3) is 11.5 Å². The Bertz CT molecular complexity index is 1040. The maximum atomic E-state index is 12.5. The number of thioether (sulfide) groups is 1. The number of nitrogens with one attached hydrogen (secondary N) is 1. The molecule has 1 amide bonds. The topological polar surface area (TPSA) is 86.5 Å². The van der Waals surface area contributed by atoms with E-state index in [-0.39, 0.29) is 17.7 Å². The third-order valence-electron chi connectivity index (χ3n) is 5.07. The molecule has 0 fully saturated rings. The summed E-state index contributed by atoms with van der Waals surface area (Å²) < 4.78 is 16.3. The molecular formula is C22H23N3O4S. The van der Waals surface area contributed by atoms with E-state index in [0.29, 0.717) is 22.6 Å². The van der Waals surface area contributed by atoms with Crippen LogP contribution in [0.3, 0.4) is 0 Å². The van der Waals surface area contributed by atoms with Crippen molar-refractivity contribution in [2.45, 2.75) is 30.5 Å². The highest BCUT2D eigenvalue weighted by Crippen LogP contribution is 2.33. The Kier molecular flexibility index (Phi) is 6.23. The summed E-state index contributed by atoms with van der Waals surface area (Å²) in [7, 11) is 3.15. The number of nitrogens with zero attached hydrogens (tertiary/aromatic N) is 2. The Morgan fingerprint density at radius 2 is 2.00 bits per heavy atom. The van der Waals surface area contributed by atoms with Gasteiger partial charge in [-0.2, -0.15) is 0 Å². The van der Waals surface area contributed by atoms with Gasteiger partial charge in [0.25, 0.3) is 5.22 Å². The molecule has 1 aromatic heterocycles. The highest BCUT2D eigenvalue weighted by atomic mass is 32.2. The number of fused-ring (bicyclic) bond motifs is 1. The SMILES string of the molecule is COc1ccc(-c2nnc(SCC(=O)N[C@H]3CCCc4ccccc43)o2)cc1OC. The molecule has 1 atom stereocenters. The smallest absolute Gasteiger partial charge is 0.277 e. The molecule has 0 bridgehead atoms. The number of rotatable bonds is 7. The van der Waals surface area contributed by atoms with Crippen molar-refractivity contribution in [1.82, 2.24) is 15.5 Å². The third kappa shape index (κ3) is 4.43. The minimum atomic E-state index is -0.0485. The van der Waals surface area contributed by atoms with Crippen LogP contribution < -0.4 is 14.8 Å². The number of aromatic nitrogens is 2. The molecule has 0 unspecified atom stereocenters. The van der Waals surface area contributed by atoms with Gasteiger partial charge in [0.15, 0.2) is 11.5 Å². The summed E-state index contributed by atoms with van der Waals surface area (Å²) in [6, 6.07) is 13.7. The van der Waals surface area contributed by atoms with Crippen LogP contribution in [-0.2, 0) is 11.2 Å². The Morgan fingerprint density at radius 1 is 1.17 bits per heavy atom. The van der Waals surface area contributed by atoms with Crippen LogP contribution in [0.1, 0.15) is 30.0 Å². The van der Waals surface area contributed by atoms with Gasteiger partial charge in [-0.1, -0.05) is 36.0 Å². The fourth-order valence-corrected chi connectivity index (χ4v) is 4.20. The lowest BCUT2D eigenvalue weighted by molar-refractivity contribution is -0.119. The number of benzene rings is 2. The molecular weight excluding hydrogens is 402 g/mol. The molecule has 0 saturated heterocycles. The number of carbonyl (C=O) groups is 1. The van der Waals surface area contributed by atoms with Crippen molar-refractivity contribution in [2.75, 3.05) is 20.0 Å². The van der Waals surface area contributed by atoms with Crippen molar-refractivity contribution in [2.24, 2.45) is 0 Å². The van der Waals surface area contributed by atoms with Crippen LogP contribution in [0.5, 0.6) is 11.5 Å². The van der Waals surface area contributed by atoms with Gasteiger partial charge in [0, 0.05) is 5.56 Å². The Balaban J connectivity index is 1.36. The summed E-state index contributed by atoms with van der Waals surface area (Å²) in [5.74, 6) is 1.73. The average molecular weight is 426 g/mol. The minimum Gasteiger partial charge on any atom is -0.493 e. The molecule has 8 heteroatoms.